The van der Waals surface area contributed by atoms with Crippen LogP contribution in [0, 0.1) is 17.8 Å². The molecule has 2 aliphatic rings. The normalized spacial score (nSPS) is 30.4. The van der Waals surface area contributed by atoms with Gasteiger partial charge in [0.05, 0.1) is 0 Å². The van der Waals surface area contributed by atoms with Crippen LogP contribution >= 0.6 is 0 Å². The second-order valence-corrected chi connectivity index (χ2v) is 6.10. The summed E-state index contributed by atoms with van der Waals surface area (Å²) in [6.45, 7) is 0.496. The minimum atomic E-state index is -0.794. The van der Waals surface area contributed by atoms with Crippen LogP contribution in [0.25, 0.3) is 0 Å². The molecule has 0 heterocycles. The van der Waals surface area contributed by atoms with Gasteiger partial charge < -0.3 is 10.4 Å². The van der Waals surface area contributed by atoms with Crippen molar-refractivity contribution in [3.8, 4) is 0 Å². The summed E-state index contributed by atoms with van der Waals surface area (Å²) >= 11 is 0. The molecule has 1 amide bonds. The number of aliphatic carboxylic acids is 1. The minimum absolute atomic E-state index is 0.135. The lowest BCUT2D eigenvalue weighted by molar-refractivity contribution is -0.137. The fourth-order valence-corrected chi connectivity index (χ4v) is 3.71. The summed E-state index contributed by atoms with van der Waals surface area (Å²) < 4.78 is 0. The smallest absolute Gasteiger partial charge is 0.303 e. The second kappa shape index (κ2) is 6.92. The lowest BCUT2D eigenvalue weighted by atomic mass is 9.67. The number of rotatable bonds is 5. The number of carbonyl (C=O) groups is 2. The van der Waals surface area contributed by atoms with Crippen LogP contribution < -0.4 is 5.32 Å². The topological polar surface area (TPSA) is 66.4 Å². The van der Waals surface area contributed by atoms with Crippen molar-refractivity contribution in [1.82, 2.24) is 5.32 Å². The Labute approximate surface area is 115 Å². The van der Waals surface area contributed by atoms with E-state index in [-0.39, 0.29) is 18.2 Å². The molecule has 3 unspecified atom stereocenters. The van der Waals surface area contributed by atoms with Gasteiger partial charge in [-0.2, -0.15) is 0 Å². The molecule has 0 radical (unpaired) electrons. The van der Waals surface area contributed by atoms with Crippen molar-refractivity contribution < 1.29 is 14.7 Å². The molecule has 2 aliphatic carbocycles. The maximum atomic E-state index is 12.1. The van der Waals surface area contributed by atoms with Gasteiger partial charge in [-0.25, -0.2) is 0 Å². The largest absolute Gasteiger partial charge is 0.481 e. The van der Waals surface area contributed by atoms with E-state index in [0.717, 1.165) is 24.7 Å². The Morgan fingerprint density at radius 1 is 1.05 bits per heavy atom. The maximum absolute atomic E-state index is 12.1. The van der Waals surface area contributed by atoms with Crippen molar-refractivity contribution in [2.75, 3.05) is 6.54 Å². The van der Waals surface area contributed by atoms with Crippen LogP contribution in [0.1, 0.15) is 57.8 Å². The van der Waals surface area contributed by atoms with Crippen LogP contribution in [0.3, 0.4) is 0 Å². The van der Waals surface area contributed by atoms with Gasteiger partial charge in [-0.05, 0) is 37.5 Å². The SMILES string of the molecule is O=C(O)CCCNC(=O)C1CCC2CCCCC2C1. The van der Waals surface area contributed by atoms with Gasteiger partial charge in [0, 0.05) is 18.9 Å². The zero-order valence-corrected chi connectivity index (χ0v) is 11.6. The molecule has 0 aromatic carbocycles. The molecule has 4 heteroatoms. The van der Waals surface area contributed by atoms with Crippen LogP contribution in [0.4, 0.5) is 0 Å². The van der Waals surface area contributed by atoms with Gasteiger partial charge in [0.15, 0.2) is 0 Å². The Morgan fingerprint density at radius 2 is 1.79 bits per heavy atom. The molecule has 2 fully saturated rings. The predicted molar refractivity (Wildman–Crippen MR) is 72.7 cm³/mol. The number of fused-ring (bicyclic) bond motifs is 1. The van der Waals surface area contributed by atoms with Crippen LogP contribution in [0.15, 0.2) is 0 Å². The van der Waals surface area contributed by atoms with Gasteiger partial charge in [-0.1, -0.05) is 25.7 Å². The molecule has 0 aromatic rings. The molecule has 3 atom stereocenters. The summed E-state index contributed by atoms with van der Waals surface area (Å²) in [6, 6.07) is 0. The average Bonchev–Trinajstić information content (AvgIpc) is 2.42. The van der Waals surface area contributed by atoms with Crippen molar-refractivity contribution in [3.63, 3.8) is 0 Å². The van der Waals surface area contributed by atoms with Gasteiger partial charge in [-0.3, -0.25) is 9.59 Å². The van der Waals surface area contributed by atoms with Crippen molar-refractivity contribution in [2.24, 2.45) is 17.8 Å². The molecule has 2 saturated carbocycles. The van der Waals surface area contributed by atoms with Gasteiger partial charge in [0.1, 0.15) is 0 Å². The van der Waals surface area contributed by atoms with Gasteiger partial charge >= 0.3 is 5.97 Å². The Bertz CT molecular complexity index is 329. The highest BCUT2D eigenvalue weighted by molar-refractivity contribution is 5.78. The molecule has 108 valence electrons. The molecule has 0 aromatic heterocycles. The van der Waals surface area contributed by atoms with Crippen LogP contribution in [0.2, 0.25) is 0 Å². The summed E-state index contributed by atoms with van der Waals surface area (Å²) in [6.07, 6.45) is 9.29. The highest BCUT2D eigenvalue weighted by Gasteiger charge is 2.34. The minimum Gasteiger partial charge on any atom is -0.481 e. The fraction of sp³-hybridized carbons (Fsp3) is 0.867. The van der Waals surface area contributed by atoms with E-state index < -0.39 is 5.97 Å². The Hall–Kier alpha value is -1.06. The molecule has 0 aliphatic heterocycles. The number of hydrogen-bond acceptors (Lipinski definition) is 2. The summed E-state index contributed by atoms with van der Waals surface area (Å²) in [5.74, 6) is 1.15. The van der Waals surface area contributed by atoms with E-state index in [1.807, 2.05) is 0 Å². The Kier molecular flexibility index (Phi) is 5.23. The second-order valence-electron chi connectivity index (χ2n) is 6.10. The zero-order valence-electron chi connectivity index (χ0n) is 11.6. The van der Waals surface area contributed by atoms with Gasteiger partial charge in [-0.15, -0.1) is 0 Å². The molecule has 2 rings (SSSR count). The first-order chi connectivity index (χ1) is 9.16. The molecule has 0 saturated heterocycles. The van der Waals surface area contributed by atoms with Crippen molar-refractivity contribution in [3.05, 3.63) is 0 Å². The standard InChI is InChI=1S/C15H25NO3/c17-14(18)6-3-9-16-15(19)13-8-7-11-4-1-2-5-12(11)10-13/h11-13H,1-10H2,(H,16,19)(H,17,18). The van der Waals surface area contributed by atoms with Crippen LogP contribution in [-0.2, 0) is 9.59 Å². The van der Waals surface area contributed by atoms with Crippen LogP contribution in [-0.4, -0.2) is 23.5 Å². The zero-order chi connectivity index (χ0) is 13.7. The Morgan fingerprint density at radius 3 is 2.53 bits per heavy atom. The van der Waals surface area contributed by atoms with E-state index >= 15 is 0 Å². The summed E-state index contributed by atoms with van der Waals surface area (Å²) in [7, 11) is 0. The molecule has 4 nitrogen and oxygen atoms in total. The number of carboxylic acid groups (broad SMARTS) is 1. The summed E-state index contributed by atoms with van der Waals surface area (Å²) in [5.41, 5.74) is 0. The van der Waals surface area contributed by atoms with E-state index in [0.29, 0.717) is 13.0 Å². The van der Waals surface area contributed by atoms with Gasteiger partial charge in [0.25, 0.3) is 0 Å². The predicted octanol–water partition coefficient (Wildman–Crippen LogP) is 2.57. The summed E-state index contributed by atoms with van der Waals surface area (Å²) in [4.78, 5) is 22.4. The number of amides is 1. The molecular weight excluding hydrogens is 242 g/mol. The highest BCUT2D eigenvalue weighted by atomic mass is 16.4. The molecule has 0 spiro atoms. The lowest BCUT2D eigenvalue weighted by Gasteiger charge is -2.38. The molecule has 0 bridgehead atoms. The van der Waals surface area contributed by atoms with E-state index in [1.165, 1.54) is 32.1 Å². The van der Waals surface area contributed by atoms with Gasteiger partial charge in [0.2, 0.25) is 5.91 Å². The number of carboxylic acids is 1. The van der Waals surface area contributed by atoms with Crippen molar-refractivity contribution in [2.45, 2.75) is 57.8 Å². The quantitative estimate of drug-likeness (QED) is 0.752. The third-order valence-corrected chi connectivity index (χ3v) is 4.78. The molecule has 2 N–H and O–H groups in total. The Balaban J connectivity index is 1.69. The lowest BCUT2D eigenvalue weighted by Crippen LogP contribution is -2.37. The van der Waals surface area contributed by atoms with E-state index in [9.17, 15) is 9.59 Å². The van der Waals surface area contributed by atoms with E-state index in [1.54, 1.807) is 0 Å². The van der Waals surface area contributed by atoms with Crippen LogP contribution in [0.5, 0.6) is 0 Å². The van der Waals surface area contributed by atoms with E-state index in [4.69, 9.17) is 5.11 Å². The maximum Gasteiger partial charge on any atom is 0.303 e. The third kappa shape index (κ3) is 4.22. The first-order valence-electron chi connectivity index (χ1n) is 7.66. The number of carbonyl (C=O) groups excluding carboxylic acids is 1. The highest BCUT2D eigenvalue weighted by Crippen LogP contribution is 2.42. The third-order valence-electron chi connectivity index (χ3n) is 4.78. The van der Waals surface area contributed by atoms with Crippen molar-refractivity contribution in [1.29, 1.82) is 0 Å². The average molecular weight is 267 g/mol. The molecular formula is C15H25NO3. The van der Waals surface area contributed by atoms with Crippen molar-refractivity contribution >= 4 is 11.9 Å². The molecule has 19 heavy (non-hydrogen) atoms. The fourth-order valence-electron chi connectivity index (χ4n) is 3.71. The summed E-state index contributed by atoms with van der Waals surface area (Å²) in [5, 5.41) is 11.4. The number of nitrogens with one attached hydrogen (secondary N) is 1. The number of hydrogen-bond donors (Lipinski definition) is 2. The van der Waals surface area contributed by atoms with E-state index in [2.05, 4.69) is 5.32 Å². The first-order valence-corrected chi connectivity index (χ1v) is 7.66. The monoisotopic (exact) mass is 267 g/mol. The first kappa shape index (κ1) is 14.4.